The summed E-state index contributed by atoms with van der Waals surface area (Å²) in [6.07, 6.45) is 10.4. The minimum Gasteiger partial charge on any atom is -0.357 e. The number of nitrogens with one attached hydrogen (secondary N) is 2. The number of aromatic nitrogens is 5. The first kappa shape index (κ1) is 18.4. The number of aryl methyl sites for hydroxylation is 2. The van der Waals surface area contributed by atoms with Gasteiger partial charge in [0.1, 0.15) is 11.6 Å². The van der Waals surface area contributed by atoms with Crippen molar-refractivity contribution < 1.29 is 0 Å². The Morgan fingerprint density at radius 1 is 1.23 bits per heavy atom. The second kappa shape index (κ2) is 9.94. The summed E-state index contributed by atoms with van der Waals surface area (Å²) in [5.41, 5.74) is 0. The fourth-order valence-electron chi connectivity index (χ4n) is 3.22. The molecule has 142 valence electrons. The fraction of sp³-hybridized carbons (Fsp3) is 0.667. The van der Waals surface area contributed by atoms with E-state index in [2.05, 4.69) is 42.4 Å². The summed E-state index contributed by atoms with van der Waals surface area (Å²) in [5.74, 6) is 3.10. The Hall–Kier alpha value is -2.38. The minimum atomic E-state index is 0.773. The average Bonchev–Trinajstić information content (AvgIpc) is 3.23. The second-order valence-electron chi connectivity index (χ2n) is 6.55. The average molecular weight is 358 g/mol. The smallest absolute Gasteiger partial charge is 0.191 e. The first-order chi connectivity index (χ1) is 12.9. The van der Waals surface area contributed by atoms with E-state index in [9.17, 15) is 0 Å². The molecule has 2 aromatic heterocycles. The fourth-order valence-corrected chi connectivity index (χ4v) is 3.22. The first-order valence-electron chi connectivity index (χ1n) is 9.77. The molecule has 0 radical (unpaired) electrons. The maximum absolute atomic E-state index is 4.64. The van der Waals surface area contributed by atoms with Gasteiger partial charge in [0, 0.05) is 58.0 Å². The third-order valence-corrected chi connectivity index (χ3v) is 4.55. The van der Waals surface area contributed by atoms with Gasteiger partial charge in [0.05, 0.1) is 0 Å². The van der Waals surface area contributed by atoms with Gasteiger partial charge in [0.2, 0.25) is 0 Å². The largest absolute Gasteiger partial charge is 0.357 e. The molecule has 8 heteroatoms. The maximum atomic E-state index is 4.64. The van der Waals surface area contributed by atoms with Crippen LogP contribution in [0, 0.1) is 0 Å². The van der Waals surface area contributed by atoms with Crippen LogP contribution in [0.5, 0.6) is 0 Å². The number of guanidine groups is 1. The molecule has 0 amide bonds. The van der Waals surface area contributed by atoms with Crippen LogP contribution in [0.25, 0.3) is 0 Å². The predicted octanol–water partition coefficient (Wildman–Crippen LogP) is 1.39. The Bertz CT molecular complexity index is 673. The summed E-state index contributed by atoms with van der Waals surface area (Å²) < 4.78 is 4.25. The van der Waals surface area contributed by atoms with Gasteiger partial charge in [0.15, 0.2) is 5.96 Å². The van der Waals surface area contributed by atoms with Crippen molar-refractivity contribution in [2.24, 2.45) is 4.99 Å². The van der Waals surface area contributed by atoms with Crippen LogP contribution in [0.4, 0.5) is 0 Å². The van der Waals surface area contributed by atoms with E-state index in [-0.39, 0.29) is 0 Å². The van der Waals surface area contributed by atoms with Crippen molar-refractivity contribution in [2.45, 2.75) is 58.5 Å². The molecule has 0 aliphatic carbocycles. The van der Waals surface area contributed by atoms with Crippen LogP contribution >= 0.6 is 0 Å². The molecule has 1 aliphatic heterocycles. The monoisotopic (exact) mass is 358 g/mol. The SMILES string of the molecule is CCNC(=NCCCn1cccn1)NCCc1nnc2n1CCCCC2. The van der Waals surface area contributed by atoms with Crippen LogP contribution in [0.15, 0.2) is 23.5 Å². The van der Waals surface area contributed by atoms with Crippen LogP contribution in [-0.2, 0) is 25.9 Å². The lowest BCUT2D eigenvalue weighted by Gasteiger charge is -2.12. The van der Waals surface area contributed by atoms with Crippen molar-refractivity contribution in [1.82, 2.24) is 35.2 Å². The third-order valence-electron chi connectivity index (χ3n) is 4.55. The van der Waals surface area contributed by atoms with Crippen LogP contribution < -0.4 is 10.6 Å². The molecule has 0 bridgehead atoms. The normalized spacial score (nSPS) is 14.7. The standard InChI is InChI=1S/C18H30N8/c1-2-19-18(20-10-6-13-25-14-7-11-22-25)21-12-9-17-24-23-16-8-4-3-5-15-26(16)17/h7,11,14H,2-6,8-10,12-13,15H2,1H3,(H2,19,20,21). The Morgan fingerprint density at radius 3 is 3.04 bits per heavy atom. The third kappa shape index (κ3) is 5.31. The van der Waals surface area contributed by atoms with Crippen molar-refractivity contribution in [1.29, 1.82) is 0 Å². The lowest BCUT2D eigenvalue weighted by atomic mass is 10.2. The Balaban J connectivity index is 1.44. The molecule has 0 spiro atoms. The summed E-state index contributed by atoms with van der Waals surface area (Å²) in [6.45, 7) is 6.46. The lowest BCUT2D eigenvalue weighted by molar-refractivity contribution is 0.583. The van der Waals surface area contributed by atoms with E-state index in [4.69, 9.17) is 0 Å². The zero-order chi connectivity index (χ0) is 18.0. The molecule has 1 aliphatic rings. The molecule has 0 saturated carbocycles. The van der Waals surface area contributed by atoms with Gasteiger partial charge in [0.25, 0.3) is 0 Å². The van der Waals surface area contributed by atoms with E-state index < -0.39 is 0 Å². The van der Waals surface area contributed by atoms with E-state index in [1.54, 1.807) is 6.20 Å². The number of hydrogen-bond donors (Lipinski definition) is 2. The quantitative estimate of drug-likeness (QED) is 0.423. The van der Waals surface area contributed by atoms with E-state index in [1.165, 1.54) is 19.3 Å². The van der Waals surface area contributed by atoms with Gasteiger partial charge in [-0.2, -0.15) is 5.10 Å². The van der Waals surface area contributed by atoms with Crippen molar-refractivity contribution in [3.05, 3.63) is 30.1 Å². The highest BCUT2D eigenvalue weighted by atomic mass is 15.3. The van der Waals surface area contributed by atoms with Crippen molar-refractivity contribution in [3.8, 4) is 0 Å². The summed E-state index contributed by atoms with van der Waals surface area (Å²) in [5, 5.41) is 19.7. The second-order valence-corrected chi connectivity index (χ2v) is 6.55. The molecule has 26 heavy (non-hydrogen) atoms. The predicted molar refractivity (Wildman–Crippen MR) is 102 cm³/mol. The van der Waals surface area contributed by atoms with Crippen molar-refractivity contribution >= 4 is 5.96 Å². The molecule has 3 heterocycles. The van der Waals surface area contributed by atoms with Crippen molar-refractivity contribution in [2.75, 3.05) is 19.6 Å². The van der Waals surface area contributed by atoms with Gasteiger partial charge in [-0.05, 0) is 32.3 Å². The molecule has 0 unspecified atom stereocenters. The van der Waals surface area contributed by atoms with Gasteiger partial charge in [-0.15, -0.1) is 10.2 Å². The van der Waals surface area contributed by atoms with Crippen LogP contribution in [0.3, 0.4) is 0 Å². The minimum absolute atomic E-state index is 0.773. The zero-order valence-electron chi connectivity index (χ0n) is 15.7. The lowest BCUT2D eigenvalue weighted by Crippen LogP contribution is -2.38. The highest BCUT2D eigenvalue weighted by molar-refractivity contribution is 5.79. The van der Waals surface area contributed by atoms with Gasteiger partial charge in [-0.25, -0.2) is 0 Å². The molecule has 3 rings (SSSR count). The van der Waals surface area contributed by atoms with E-state index in [0.29, 0.717) is 0 Å². The van der Waals surface area contributed by atoms with Gasteiger partial charge < -0.3 is 15.2 Å². The summed E-state index contributed by atoms with van der Waals surface area (Å²) >= 11 is 0. The highest BCUT2D eigenvalue weighted by Gasteiger charge is 2.14. The summed E-state index contributed by atoms with van der Waals surface area (Å²) in [7, 11) is 0. The zero-order valence-corrected chi connectivity index (χ0v) is 15.7. The Morgan fingerprint density at radius 2 is 2.19 bits per heavy atom. The maximum Gasteiger partial charge on any atom is 0.191 e. The molecule has 0 saturated heterocycles. The molecule has 0 atom stereocenters. The Kier molecular flexibility index (Phi) is 7.04. The van der Waals surface area contributed by atoms with Crippen LogP contribution in [-0.4, -0.2) is 50.1 Å². The Labute approximate surface area is 155 Å². The molecule has 8 nitrogen and oxygen atoms in total. The van der Waals surface area contributed by atoms with Gasteiger partial charge >= 0.3 is 0 Å². The van der Waals surface area contributed by atoms with Crippen LogP contribution in [0.2, 0.25) is 0 Å². The summed E-state index contributed by atoms with van der Waals surface area (Å²) in [4.78, 5) is 4.64. The molecule has 2 N–H and O–H groups in total. The number of aliphatic imine (C=N–C) groups is 1. The van der Waals surface area contributed by atoms with Crippen LogP contribution in [0.1, 0.15) is 44.3 Å². The molecule has 0 aromatic carbocycles. The number of nitrogens with zero attached hydrogens (tertiary/aromatic N) is 6. The van der Waals surface area contributed by atoms with E-state index >= 15 is 0 Å². The number of fused-ring (bicyclic) bond motifs is 1. The molecule has 0 fully saturated rings. The van der Waals surface area contributed by atoms with E-state index in [1.807, 2.05) is 16.9 Å². The molecular weight excluding hydrogens is 328 g/mol. The van der Waals surface area contributed by atoms with Gasteiger partial charge in [-0.3, -0.25) is 9.67 Å². The first-order valence-corrected chi connectivity index (χ1v) is 9.77. The summed E-state index contributed by atoms with van der Waals surface area (Å²) in [6, 6.07) is 1.94. The van der Waals surface area contributed by atoms with E-state index in [0.717, 1.165) is 69.6 Å². The number of rotatable bonds is 8. The van der Waals surface area contributed by atoms with Crippen molar-refractivity contribution in [3.63, 3.8) is 0 Å². The van der Waals surface area contributed by atoms with Gasteiger partial charge in [-0.1, -0.05) is 6.42 Å². The topological polar surface area (TPSA) is 84.9 Å². The molecule has 2 aromatic rings. The number of hydrogen-bond acceptors (Lipinski definition) is 4. The highest BCUT2D eigenvalue weighted by Crippen LogP contribution is 2.14. The molecular formula is C18H30N8.